The molecule has 0 aliphatic heterocycles. The number of halogens is 1. The molecule has 0 fully saturated rings. The fourth-order valence-corrected chi connectivity index (χ4v) is 1.74. The SMILES string of the molecule is CCc1cnc(CNC(=O)c2cc(Cl)ccc2N)o1. The summed E-state index contributed by atoms with van der Waals surface area (Å²) in [5.74, 6) is 0.938. The normalized spacial score (nSPS) is 10.4. The molecule has 1 aromatic heterocycles. The minimum Gasteiger partial charge on any atom is -0.444 e. The molecule has 0 saturated carbocycles. The van der Waals surface area contributed by atoms with Gasteiger partial charge in [0.25, 0.3) is 5.91 Å². The first-order valence-electron chi connectivity index (χ1n) is 5.87. The predicted octanol–water partition coefficient (Wildman–Crippen LogP) is 2.40. The Morgan fingerprint density at radius 1 is 1.53 bits per heavy atom. The average molecular weight is 280 g/mol. The molecule has 6 heteroatoms. The molecule has 3 N–H and O–H groups in total. The van der Waals surface area contributed by atoms with Crippen molar-refractivity contribution in [3.05, 3.63) is 46.6 Å². The van der Waals surface area contributed by atoms with Crippen molar-refractivity contribution in [2.24, 2.45) is 0 Å². The third-order valence-corrected chi connectivity index (χ3v) is 2.85. The lowest BCUT2D eigenvalue weighted by Gasteiger charge is -2.06. The highest BCUT2D eigenvalue weighted by molar-refractivity contribution is 6.31. The molecule has 0 saturated heterocycles. The van der Waals surface area contributed by atoms with Gasteiger partial charge in [0.2, 0.25) is 5.89 Å². The van der Waals surface area contributed by atoms with Gasteiger partial charge in [-0.25, -0.2) is 4.98 Å². The van der Waals surface area contributed by atoms with Crippen LogP contribution in [0.3, 0.4) is 0 Å². The van der Waals surface area contributed by atoms with E-state index in [4.69, 9.17) is 21.8 Å². The first kappa shape index (κ1) is 13.4. The Morgan fingerprint density at radius 3 is 3.00 bits per heavy atom. The Bertz CT molecular complexity index is 595. The highest BCUT2D eigenvalue weighted by atomic mass is 35.5. The van der Waals surface area contributed by atoms with Crippen LogP contribution in [0.1, 0.15) is 28.9 Å². The second-order valence-electron chi connectivity index (χ2n) is 3.99. The Balaban J connectivity index is 2.03. The van der Waals surface area contributed by atoms with Gasteiger partial charge in [-0.05, 0) is 18.2 Å². The summed E-state index contributed by atoms with van der Waals surface area (Å²) in [6.07, 6.45) is 2.41. The summed E-state index contributed by atoms with van der Waals surface area (Å²) in [6.45, 7) is 2.18. The van der Waals surface area contributed by atoms with E-state index in [2.05, 4.69) is 10.3 Å². The number of amides is 1. The Labute approximate surface area is 115 Å². The van der Waals surface area contributed by atoms with Gasteiger partial charge in [-0.3, -0.25) is 4.79 Å². The van der Waals surface area contributed by atoms with Gasteiger partial charge in [0.05, 0.1) is 18.3 Å². The van der Waals surface area contributed by atoms with Crippen LogP contribution in [-0.2, 0) is 13.0 Å². The van der Waals surface area contributed by atoms with Crippen LogP contribution in [0.25, 0.3) is 0 Å². The van der Waals surface area contributed by atoms with Crippen molar-refractivity contribution in [1.29, 1.82) is 0 Å². The largest absolute Gasteiger partial charge is 0.444 e. The van der Waals surface area contributed by atoms with Crippen molar-refractivity contribution in [1.82, 2.24) is 10.3 Å². The van der Waals surface area contributed by atoms with Crippen LogP contribution < -0.4 is 11.1 Å². The Hall–Kier alpha value is -2.01. The molecule has 0 aliphatic rings. The third-order valence-electron chi connectivity index (χ3n) is 2.61. The van der Waals surface area contributed by atoms with E-state index in [0.29, 0.717) is 22.2 Å². The van der Waals surface area contributed by atoms with E-state index < -0.39 is 0 Å². The summed E-state index contributed by atoms with van der Waals surface area (Å²) in [4.78, 5) is 16.0. The van der Waals surface area contributed by atoms with Gasteiger partial charge in [0.15, 0.2) is 0 Å². The number of oxazole rings is 1. The zero-order valence-corrected chi connectivity index (χ0v) is 11.2. The number of nitrogens with two attached hydrogens (primary N) is 1. The van der Waals surface area contributed by atoms with E-state index in [1.54, 1.807) is 18.3 Å². The van der Waals surface area contributed by atoms with Gasteiger partial charge in [-0.15, -0.1) is 0 Å². The van der Waals surface area contributed by atoms with E-state index in [0.717, 1.165) is 12.2 Å². The maximum atomic E-state index is 11.9. The van der Waals surface area contributed by atoms with Crippen LogP contribution in [-0.4, -0.2) is 10.9 Å². The monoisotopic (exact) mass is 279 g/mol. The van der Waals surface area contributed by atoms with Gasteiger partial charge < -0.3 is 15.5 Å². The van der Waals surface area contributed by atoms with Gasteiger partial charge in [-0.1, -0.05) is 18.5 Å². The topological polar surface area (TPSA) is 81.2 Å². The van der Waals surface area contributed by atoms with Crippen molar-refractivity contribution in [2.45, 2.75) is 19.9 Å². The van der Waals surface area contributed by atoms with Crippen LogP contribution >= 0.6 is 11.6 Å². The van der Waals surface area contributed by atoms with Crippen molar-refractivity contribution in [2.75, 3.05) is 5.73 Å². The van der Waals surface area contributed by atoms with Crippen LogP contribution in [0.15, 0.2) is 28.8 Å². The first-order chi connectivity index (χ1) is 9.10. The van der Waals surface area contributed by atoms with Crippen molar-refractivity contribution < 1.29 is 9.21 Å². The number of aryl methyl sites for hydroxylation is 1. The fourth-order valence-electron chi connectivity index (χ4n) is 1.57. The fraction of sp³-hybridized carbons (Fsp3) is 0.231. The van der Waals surface area contributed by atoms with Crippen LogP contribution in [0.5, 0.6) is 0 Å². The van der Waals surface area contributed by atoms with Crippen LogP contribution in [0, 0.1) is 0 Å². The number of hydrogen-bond donors (Lipinski definition) is 2. The zero-order chi connectivity index (χ0) is 13.8. The number of nitrogens with one attached hydrogen (secondary N) is 1. The molecule has 5 nitrogen and oxygen atoms in total. The van der Waals surface area contributed by atoms with E-state index in [1.165, 1.54) is 6.07 Å². The van der Waals surface area contributed by atoms with Gasteiger partial charge in [0, 0.05) is 17.1 Å². The van der Waals surface area contributed by atoms with E-state index in [1.807, 2.05) is 6.92 Å². The lowest BCUT2D eigenvalue weighted by molar-refractivity contribution is 0.0948. The predicted molar refractivity (Wildman–Crippen MR) is 72.9 cm³/mol. The summed E-state index contributed by atoms with van der Waals surface area (Å²) in [5.41, 5.74) is 6.45. The molecule has 0 bridgehead atoms. The number of nitrogens with zero attached hydrogens (tertiary/aromatic N) is 1. The van der Waals surface area contributed by atoms with Crippen LogP contribution in [0.4, 0.5) is 5.69 Å². The molecule has 2 aromatic rings. The summed E-state index contributed by atoms with van der Waals surface area (Å²) in [6, 6.07) is 4.76. The van der Waals surface area contributed by atoms with Crippen molar-refractivity contribution >= 4 is 23.2 Å². The zero-order valence-electron chi connectivity index (χ0n) is 10.4. The minimum atomic E-state index is -0.309. The average Bonchev–Trinajstić information content (AvgIpc) is 2.87. The Morgan fingerprint density at radius 2 is 2.32 bits per heavy atom. The number of hydrogen-bond acceptors (Lipinski definition) is 4. The molecular weight excluding hydrogens is 266 g/mol. The molecule has 1 aromatic carbocycles. The molecule has 1 amide bonds. The summed E-state index contributed by atoms with van der Waals surface area (Å²) in [5, 5.41) is 3.15. The minimum absolute atomic E-state index is 0.213. The quantitative estimate of drug-likeness (QED) is 0.842. The Kier molecular flexibility index (Phi) is 4.06. The summed E-state index contributed by atoms with van der Waals surface area (Å²) in [7, 11) is 0. The number of rotatable bonds is 4. The van der Waals surface area contributed by atoms with E-state index >= 15 is 0 Å². The lowest BCUT2D eigenvalue weighted by Crippen LogP contribution is -2.23. The summed E-state index contributed by atoms with van der Waals surface area (Å²) < 4.78 is 5.39. The molecule has 0 spiro atoms. The molecule has 0 radical (unpaired) electrons. The standard InChI is InChI=1S/C13H14ClN3O2/c1-2-9-6-16-12(19-9)7-17-13(18)10-5-8(14)3-4-11(10)15/h3-6H,2,7,15H2,1H3,(H,17,18). The molecular formula is C13H14ClN3O2. The second-order valence-corrected chi connectivity index (χ2v) is 4.42. The smallest absolute Gasteiger partial charge is 0.253 e. The molecule has 1 heterocycles. The molecule has 0 atom stereocenters. The molecule has 2 rings (SSSR count). The number of aromatic nitrogens is 1. The number of nitrogen functional groups attached to an aromatic ring is 1. The molecule has 0 unspecified atom stereocenters. The molecule has 100 valence electrons. The molecule has 0 aliphatic carbocycles. The maximum absolute atomic E-state index is 11.9. The number of carbonyl (C=O) groups is 1. The highest BCUT2D eigenvalue weighted by Crippen LogP contribution is 2.17. The first-order valence-corrected chi connectivity index (χ1v) is 6.24. The summed E-state index contributed by atoms with van der Waals surface area (Å²) >= 11 is 5.83. The van der Waals surface area contributed by atoms with Gasteiger partial charge >= 0.3 is 0 Å². The van der Waals surface area contributed by atoms with Crippen LogP contribution in [0.2, 0.25) is 5.02 Å². The lowest BCUT2D eigenvalue weighted by atomic mass is 10.1. The number of anilines is 1. The highest BCUT2D eigenvalue weighted by Gasteiger charge is 2.11. The van der Waals surface area contributed by atoms with Gasteiger partial charge in [-0.2, -0.15) is 0 Å². The van der Waals surface area contributed by atoms with Crippen molar-refractivity contribution in [3.8, 4) is 0 Å². The van der Waals surface area contributed by atoms with Gasteiger partial charge in [0.1, 0.15) is 5.76 Å². The van der Waals surface area contributed by atoms with E-state index in [9.17, 15) is 4.79 Å². The van der Waals surface area contributed by atoms with Crippen molar-refractivity contribution in [3.63, 3.8) is 0 Å². The maximum Gasteiger partial charge on any atom is 0.253 e. The number of carbonyl (C=O) groups excluding carboxylic acids is 1. The number of benzene rings is 1. The van der Waals surface area contributed by atoms with E-state index in [-0.39, 0.29) is 12.5 Å². The molecule has 19 heavy (non-hydrogen) atoms. The third kappa shape index (κ3) is 3.26. The second kappa shape index (κ2) is 5.75.